The van der Waals surface area contributed by atoms with E-state index >= 15 is 0 Å². The van der Waals surface area contributed by atoms with Crippen molar-refractivity contribution in [2.75, 3.05) is 13.6 Å². The molecule has 96 valence electrons. The summed E-state index contributed by atoms with van der Waals surface area (Å²) >= 11 is 6.24. The number of benzene rings is 1. The second-order valence-corrected chi connectivity index (χ2v) is 4.58. The fourth-order valence-electron chi connectivity index (χ4n) is 1.97. The highest BCUT2D eigenvalue weighted by Gasteiger charge is 2.17. The average molecular weight is 266 g/mol. The van der Waals surface area contributed by atoms with E-state index in [2.05, 4.69) is 20.7 Å². The van der Waals surface area contributed by atoms with Gasteiger partial charge in [-0.3, -0.25) is 0 Å². The lowest BCUT2D eigenvalue weighted by Gasteiger charge is -2.16. The van der Waals surface area contributed by atoms with E-state index in [0.717, 1.165) is 29.4 Å². The first-order chi connectivity index (χ1) is 8.70. The first-order valence-corrected chi connectivity index (χ1v) is 6.20. The third kappa shape index (κ3) is 3.05. The van der Waals surface area contributed by atoms with Crippen molar-refractivity contribution in [2.24, 2.45) is 7.05 Å². The standard InChI is InChI=1S/C12H16ClN5/c1-14-8-9(7-12-15-17-18(2)16-12)10-5-3-4-6-11(10)13/h3-6,9,14H,7-8H2,1-2H3. The molecule has 0 aliphatic heterocycles. The molecule has 0 aliphatic rings. The van der Waals surface area contributed by atoms with Gasteiger partial charge in [-0.1, -0.05) is 29.8 Å². The van der Waals surface area contributed by atoms with Gasteiger partial charge in [0.2, 0.25) is 0 Å². The van der Waals surface area contributed by atoms with E-state index in [1.54, 1.807) is 7.05 Å². The van der Waals surface area contributed by atoms with Crippen LogP contribution in [-0.2, 0) is 13.5 Å². The number of aromatic nitrogens is 4. The van der Waals surface area contributed by atoms with Gasteiger partial charge in [0, 0.05) is 23.9 Å². The smallest absolute Gasteiger partial charge is 0.175 e. The Balaban J connectivity index is 2.20. The number of nitrogens with one attached hydrogen (secondary N) is 1. The highest BCUT2D eigenvalue weighted by molar-refractivity contribution is 6.31. The molecule has 1 aromatic carbocycles. The molecular formula is C12H16ClN5. The van der Waals surface area contributed by atoms with E-state index in [1.807, 2.05) is 31.3 Å². The molecule has 2 rings (SSSR count). The van der Waals surface area contributed by atoms with Gasteiger partial charge in [-0.05, 0) is 23.9 Å². The topological polar surface area (TPSA) is 55.6 Å². The maximum Gasteiger partial charge on any atom is 0.175 e. The van der Waals surface area contributed by atoms with E-state index in [0.29, 0.717) is 0 Å². The highest BCUT2D eigenvalue weighted by atomic mass is 35.5. The van der Waals surface area contributed by atoms with Crippen molar-refractivity contribution < 1.29 is 0 Å². The molecule has 0 bridgehead atoms. The fourth-order valence-corrected chi connectivity index (χ4v) is 2.26. The molecule has 5 nitrogen and oxygen atoms in total. The third-order valence-corrected chi connectivity index (χ3v) is 3.12. The summed E-state index contributed by atoms with van der Waals surface area (Å²) in [6.07, 6.45) is 0.721. The van der Waals surface area contributed by atoms with Crippen molar-refractivity contribution in [3.8, 4) is 0 Å². The number of hydrogen-bond acceptors (Lipinski definition) is 4. The molecule has 2 aromatic rings. The van der Waals surface area contributed by atoms with Crippen LogP contribution in [0, 0.1) is 0 Å². The summed E-state index contributed by atoms with van der Waals surface area (Å²) in [7, 11) is 3.69. The van der Waals surface area contributed by atoms with Crippen molar-refractivity contribution in [3.05, 3.63) is 40.7 Å². The maximum atomic E-state index is 6.24. The molecule has 1 aromatic heterocycles. The van der Waals surface area contributed by atoms with Crippen LogP contribution in [0.3, 0.4) is 0 Å². The van der Waals surface area contributed by atoms with Gasteiger partial charge in [0.05, 0.1) is 7.05 Å². The number of rotatable bonds is 5. The molecule has 0 saturated heterocycles. The summed E-state index contributed by atoms with van der Waals surface area (Å²) in [5, 5.41) is 16.0. The Kier molecular flexibility index (Phi) is 4.28. The average Bonchev–Trinajstić information content (AvgIpc) is 2.75. The van der Waals surface area contributed by atoms with Crippen LogP contribution in [0.5, 0.6) is 0 Å². The lowest BCUT2D eigenvalue weighted by molar-refractivity contribution is 0.599. The molecule has 6 heteroatoms. The second-order valence-electron chi connectivity index (χ2n) is 4.18. The van der Waals surface area contributed by atoms with Crippen molar-refractivity contribution in [3.63, 3.8) is 0 Å². The van der Waals surface area contributed by atoms with E-state index in [-0.39, 0.29) is 5.92 Å². The Morgan fingerprint density at radius 3 is 2.78 bits per heavy atom. The first kappa shape index (κ1) is 13.0. The van der Waals surface area contributed by atoms with Crippen LogP contribution in [0.4, 0.5) is 0 Å². The van der Waals surface area contributed by atoms with Gasteiger partial charge in [0.1, 0.15) is 0 Å². The molecule has 0 aliphatic carbocycles. The molecule has 1 heterocycles. The zero-order valence-corrected chi connectivity index (χ0v) is 11.2. The minimum atomic E-state index is 0.243. The monoisotopic (exact) mass is 265 g/mol. The molecule has 0 saturated carbocycles. The number of nitrogens with zero attached hydrogens (tertiary/aromatic N) is 4. The number of aryl methyl sites for hydroxylation is 1. The minimum Gasteiger partial charge on any atom is -0.319 e. The molecule has 1 N–H and O–H groups in total. The fraction of sp³-hybridized carbons (Fsp3) is 0.417. The van der Waals surface area contributed by atoms with Crippen LogP contribution in [0.2, 0.25) is 5.02 Å². The van der Waals surface area contributed by atoms with Crippen molar-refractivity contribution >= 4 is 11.6 Å². The van der Waals surface area contributed by atoms with Crippen LogP contribution in [0.25, 0.3) is 0 Å². The molecule has 1 atom stereocenters. The van der Waals surface area contributed by atoms with E-state index in [4.69, 9.17) is 11.6 Å². The predicted octanol–water partition coefficient (Wildman–Crippen LogP) is 1.41. The summed E-state index contributed by atoms with van der Waals surface area (Å²) in [6.45, 7) is 0.821. The van der Waals surface area contributed by atoms with Gasteiger partial charge in [-0.25, -0.2) is 0 Å². The Hall–Kier alpha value is -1.46. The Bertz CT molecular complexity index is 511. The Morgan fingerprint density at radius 1 is 1.39 bits per heavy atom. The van der Waals surface area contributed by atoms with Crippen LogP contribution in [0.1, 0.15) is 17.3 Å². The van der Waals surface area contributed by atoms with Crippen LogP contribution in [-0.4, -0.2) is 33.8 Å². The van der Waals surface area contributed by atoms with Crippen molar-refractivity contribution in [2.45, 2.75) is 12.3 Å². The van der Waals surface area contributed by atoms with Gasteiger partial charge in [0.25, 0.3) is 0 Å². The van der Waals surface area contributed by atoms with Gasteiger partial charge in [0.15, 0.2) is 5.82 Å². The summed E-state index contributed by atoms with van der Waals surface area (Å²) in [4.78, 5) is 1.47. The summed E-state index contributed by atoms with van der Waals surface area (Å²) in [6, 6.07) is 7.88. The quantitative estimate of drug-likeness (QED) is 0.888. The maximum absolute atomic E-state index is 6.24. The largest absolute Gasteiger partial charge is 0.319 e. The molecule has 1 unspecified atom stereocenters. The van der Waals surface area contributed by atoms with Crippen LogP contribution in [0.15, 0.2) is 24.3 Å². The second kappa shape index (κ2) is 5.93. The van der Waals surface area contributed by atoms with Gasteiger partial charge < -0.3 is 5.32 Å². The number of tetrazole rings is 1. The number of halogens is 1. The molecular weight excluding hydrogens is 250 g/mol. The Labute approximate surface area is 111 Å². The molecule has 0 fully saturated rings. The van der Waals surface area contributed by atoms with E-state index in [1.165, 1.54) is 4.80 Å². The summed E-state index contributed by atoms with van der Waals surface area (Å²) in [5.41, 5.74) is 1.11. The van der Waals surface area contributed by atoms with Crippen LogP contribution >= 0.6 is 11.6 Å². The zero-order valence-electron chi connectivity index (χ0n) is 10.5. The first-order valence-electron chi connectivity index (χ1n) is 5.82. The normalized spacial score (nSPS) is 12.6. The SMILES string of the molecule is CNCC(Cc1nnn(C)n1)c1ccccc1Cl. The highest BCUT2D eigenvalue weighted by Crippen LogP contribution is 2.26. The lowest BCUT2D eigenvalue weighted by Crippen LogP contribution is -2.20. The molecule has 0 amide bonds. The van der Waals surface area contributed by atoms with Gasteiger partial charge in [-0.2, -0.15) is 4.80 Å². The van der Waals surface area contributed by atoms with Crippen LogP contribution < -0.4 is 5.32 Å². The van der Waals surface area contributed by atoms with E-state index in [9.17, 15) is 0 Å². The third-order valence-electron chi connectivity index (χ3n) is 2.77. The van der Waals surface area contributed by atoms with Gasteiger partial charge in [-0.15, -0.1) is 10.2 Å². The van der Waals surface area contributed by atoms with Crippen molar-refractivity contribution in [1.82, 2.24) is 25.5 Å². The van der Waals surface area contributed by atoms with Gasteiger partial charge >= 0.3 is 0 Å². The van der Waals surface area contributed by atoms with E-state index < -0.39 is 0 Å². The number of hydrogen-bond donors (Lipinski definition) is 1. The molecule has 18 heavy (non-hydrogen) atoms. The summed E-state index contributed by atoms with van der Waals surface area (Å²) in [5.74, 6) is 0.977. The van der Waals surface area contributed by atoms with Crippen molar-refractivity contribution in [1.29, 1.82) is 0 Å². The Morgan fingerprint density at radius 2 is 2.17 bits per heavy atom. The lowest BCUT2D eigenvalue weighted by atomic mass is 9.95. The molecule has 0 radical (unpaired) electrons. The predicted molar refractivity (Wildman–Crippen MR) is 70.6 cm³/mol. The molecule has 0 spiro atoms. The summed E-state index contributed by atoms with van der Waals surface area (Å²) < 4.78 is 0. The zero-order chi connectivity index (χ0) is 13.0. The number of likely N-dealkylation sites (N-methyl/N-ethyl adjacent to an activating group) is 1. The minimum absolute atomic E-state index is 0.243.